The van der Waals surface area contributed by atoms with Crippen molar-refractivity contribution in [3.63, 3.8) is 0 Å². The van der Waals surface area contributed by atoms with Gasteiger partial charge in [-0.15, -0.1) is 0 Å². The highest BCUT2D eigenvalue weighted by Crippen LogP contribution is 2.35. The second kappa shape index (κ2) is 4.45. The zero-order valence-electron chi connectivity index (χ0n) is 12.0. The van der Waals surface area contributed by atoms with Crippen molar-refractivity contribution in [3.8, 4) is 0 Å². The first-order valence-corrected chi connectivity index (χ1v) is 6.94. The molecule has 0 atom stereocenters. The molecule has 0 aliphatic carbocycles. The maximum atomic E-state index is 3.95. The lowest BCUT2D eigenvalue weighted by atomic mass is 9.53. The summed E-state index contributed by atoms with van der Waals surface area (Å²) in [4.78, 5) is 0. The number of hydrogen-bond donors (Lipinski definition) is 0. The van der Waals surface area contributed by atoms with Crippen molar-refractivity contribution in [2.45, 2.75) is 20.8 Å². The van der Waals surface area contributed by atoms with Gasteiger partial charge in [0.25, 0.3) is 0 Å². The number of hydrogen-bond acceptors (Lipinski definition) is 0. The monoisotopic (exact) mass is 244 g/mol. The summed E-state index contributed by atoms with van der Waals surface area (Å²) in [6, 6.07) is 8.78. The zero-order chi connectivity index (χ0) is 13.6. The van der Waals surface area contributed by atoms with Crippen molar-refractivity contribution in [1.29, 1.82) is 0 Å². The topological polar surface area (TPSA) is 0 Å². The van der Waals surface area contributed by atoms with Crippen LogP contribution in [0.2, 0.25) is 0 Å². The Hall–Kier alpha value is -1.69. The lowest BCUT2D eigenvalue weighted by Crippen LogP contribution is -2.15. The highest BCUT2D eigenvalue weighted by Gasteiger charge is 2.27. The van der Waals surface area contributed by atoms with E-state index in [1.807, 2.05) is 6.08 Å². The van der Waals surface area contributed by atoms with Crippen LogP contribution in [-0.2, 0) is 0 Å². The summed E-state index contributed by atoms with van der Waals surface area (Å²) in [6.07, 6.45) is 2.02. The Morgan fingerprint density at radius 1 is 0.895 bits per heavy atom. The van der Waals surface area contributed by atoms with Crippen molar-refractivity contribution in [2.75, 3.05) is 0 Å². The van der Waals surface area contributed by atoms with Crippen molar-refractivity contribution in [2.24, 2.45) is 0 Å². The summed E-state index contributed by atoms with van der Waals surface area (Å²) in [6.45, 7) is 10.7. The summed E-state index contributed by atoms with van der Waals surface area (Å²) >= 11 is 0. The molecule has 3 rings (SSSR count). The zero-order valence-corrected chi connectivity index (χ0v) is 12.0. The van der Waals surface area contributed by atoms with Crippen LogP contribution in [0.25, 0.3) is 5.57 Å². The predicted octanol–water partition coefficient (Wildman–Crippen LogP) is 2.68. The third-order valence-corrected chi connectivity index (χ3v) is 4.72. The average Bonchev–Trinajstić information content (AvgIpc) is 2.90. The molecule has 0 radical (unpaired) electrons. The summed E-state index contributed by atoms with van der Waals surface area (Å²) in [7, 11) is 2.15. The summed E-state index contributed by atoms with van der Waals surface area (Å²) in [5.74, 6) is 0. The molecule has 0 fully saturated rings. The summed E-state index contributed by atoms with van der Waals surface area (Å²) in [5.41, 5.74) is 11.7. The predicted molar refractivity (Wildman–Crippen MR) is 88.6 cm³/mol. The van der Waals surface area contributed by atoms with E-state index in [9.17, 15) is 0 Å². The third kappa shape index (κ3) is 1.78. The Labute approximate surface area is 117 Å². The fraction of sp³-hybridized carbons (Fsp3) is 0.176. The largest absolute Gasteiger partial charge is 0.192 e. The maximum absolute atomic E-state index is 3.95. The van der Waals surface area contributed by atoms with Crippen LogP contribution in [0.1, 0.15) is 26.3 Å². The van der Waals surface area contributed by atoms with Gasteiger partial charge < -0.3 is 0 Å². The molecule has 0 amide bonds. The van der Waals surface area contributed by atoms with E-state index in [1.54, 1.807) is 0 Å². The van der Waals surface area contributed by atoms with Crippen LogP contribution in [0.3, 0.4) is 0 Å². The third-order valence-electron chi connectivity index (χ3n) is 4.72. The lowest BCUT2D eigenvalue weighted by Gasteiger charge is -2.08. The minimum atomic E-state index is 1.06. The Morgan fingerprint density at radius 3 is 2.21 bits per heavy atom. The molecule has 0 nitrogen and oxygen atoms in total. The number of benzene rings is 1. The fourth-order valence-electron chi connectivity index (χ4n) is 3.34. The van der Waals surface area contributed by atoms with E-state index in [-0.39, 0.29) is 0 Å². The normalized spacial score (nSPS) is 17.6. The van der Waals surface area contributed by atoms with Crippen LogP contribution >= 0.6 is 0 Å². The van der Waals surface area contributed by atoms with E-state index < -0.39 is 0 Å². The van der Waals surface area contributed by atoms with E-state index in [4.69, 9.17) is 0 Å². The molecule has 1 aromatic rings. The van der Waals surface area contributed by atoms with Crippen LogP contribution in [0, 0.1) is 0 Å². The molecule has 92 valence electrons. The molecule has 1 aromatic carbocycles. The van der Waals surface area contributed by atoms with Gasteiger partial charge in [-0.25, -0.2) is 0 Å². The minimum Gasteiger partial charge on any atom is -0.0996 e. The second-order valence-electron chi connectivity index (χ2n) is 5.57. The Morgan fingerprint density at radius 2 is 1.58 bits per heavy atom. The van der Waals surface area contributed by atoms with Crippen LogP contribution < -0.4 is 5.46 Å². The van der Waals surface area contributed by atoms with E-state index in [1.165, 1.54) is 44.2 Å². The van der Waals surface area contributed by atoms with Gasteiger partial charge in [-0.1, -0.05) is 75.5 Å². The van der Waals surface area contributed by atoms with Crippen LogP contribution in [0.15, 0.2) is 64.5 Å². The van der Waals surface area contributed by atoms with Crippen LogP contribution in [0.4, 0.5) is 0 Å². The van der Waals surface area contributed by atoms with Gasteiger partial charge in [0.1, 0.15) is 0 Å². The van der Waals surface area contributed by atoms with Gasteiger partial charge in [-0.3, -0.25) is 0 Å². The quantitative estimate of drug-likeness (QED) is 0.701. The van der Waals surface area contributed by atoms with Gasteiger partial charge in [-0.2, -0.15) is 0 Å². The molecular formula is C17H18B2. The maximum Gasteiger partial charge on any atom is 0.192 e. The van der Waals surface area contributed by atoms with E-state index >= 15 is 0 Å². The molecular weight excluding hydrogens is 226 g/mol. The fourth-order valence-corrected chi connectivity index (χ4v) is 3.34. The average molecular weight is 244 g/mol. The van der Waals surface area contributed by atoms with Crippen molar-refractivity contribution < 1.29 is 0 Å². The molecule has 2 heteroatoms. The lowest BCUT2D eigenvalue weighted by molar-refractivity contribution is 1.34. The van der Waals surface area contributed by atoms with Gasteiger partial charge in [0.05, 0.1) is 0 Å². The minimum absolute atomic E-state index is 1.06. The summed E-state index contributed by atoms with van der Waals surface area (Å²) < 4.78 is 0. The smallest absolute Gasteiger partial charge is 0.0996 e. The molecule has 0 saturated carbocycles. The van der Waals surface area contributed by atoms with Crippen LogP contribution in [-0.4, -0.2) is 14.6 Å². The number of allylic oxidation sites excluding steroid dienone is 7. The molecule has 2 heterocycles. The van der Waals surface area contributed by atoms with Gasteiger partial charge in [0, 0.05) is 0 Å². The Kier molecular flexibility index (Phi) is 2.89. The highest BCUT2D eigenvalue weighted by molar-refractivity contribution is 6.73. The first kappa shape index (κ1) is 12.3. The van der Waals surface area contributed by atoms with E-state index in [0.29, 0.717) is 0 Å². The van der Waals surface area contributed by atoms with Gasteiger partial charge in [0.15, 0.2) is 14.6 Å². The van der Waals surface area contributed by atoms with Crippen molar-refractivity contribution in [3.05, 3.63) is 70.0 Å². The molecule has 0 saturated heterocycles. The molecule has 0 N–H and O–H groups in total. The van der Waals surface area contributed by atoms with E-state index in [0.717, 1.165) is 14.6 Å². The van der Waals surface area contributed by atoms with Crippen molar-refractivity contribution >= 4 is 25.6 Å². The first-order chi connectivity index (χ1) is 9.13. The Bertz CT molecular complexity index is 672. The molecule has 0 bridgehead atoms. The van der Waals surface area contributed by atoms with E-state index in [2.05, 4.69) is 51.6 Å². The van der Waals surface area contributed by atoms with Gasteiger partial charge in [-0.05, 0) is 26.3 Å². The second-order valence-corrected chi connectivity index (χ2v) is 5.57. The number of fused-ring (bicyclic) bond motifs is 1. The molecule has 0 spiro atoms. The van der Waals surface area contributed by atoms with Gasteiger partial charge >= 0.3 is 0 Å². The SMILES string of the molecule is C=CC1=C(C)C(C)=C(C2=C(C)c3ccccc3B2)B1. The standard InChI is InChI=1S/C17H18B2/c1-5-14-10(2)11(3)16(18-14)17-12(4)13-8-6-7-9-15(13)19-17/h5-9,18-19H,1H2,2-4H3. The molecule has 2 aliphatic heterocycles. The summed E-state index contributed by atoms with van der Waals surface area (Å²) in [5, 5.41) is 0. The number of rotatable bonds is 2. The van der Waals surface area contributed by atoms with Crippen LogP contribution in [0.5, 0.6) is 0 Å². The van der Waals surface area contributed by atoms with Crippen molar-refractivity contribution in [1.82, 2.24) is 0 Å². The first-order valence-electron chi connectivity index (χ1n) is 6.94. The molecule has 0 unspecified atom stereocenters. The highest BCUT2D eigenvalue weighted by atomic mass is 14.2. The Balaban J connectivity index is 2.04. The molecule has 19 heavy (non-hydrogen) atoms. The molecule has 2 aliphatic rings. The van der Waals surface area contributed by atoms with Gasteiger partial charge in [0.2, 0.25) is 0 Å². The molecule has 0 aromatic heterocycles.